The maximum Gasteiger partial charge on any atom is 0.0546 e. The zero-order valence-electron chi connectivity index (χ0n) is 6.06. The van der Waals surface area contributed by atoms with Crippen LogP contribution < -0.4 is 5.32 Å². The zero-order valence-corrected chi connectivity index (χ0v) is 6.88. The van der Waals surface area contributed by atoms with Gasteiger partial charge in [-0.1, -0.05) is 0 Å². The Morgan fingerprint density at radius 2 is 2.10 bits per heavy atom. The van der Waals surface area contributed by atoms with E-state index >= 15 is 0 Å². The van der Waals surface area contributed by atoms with Crippen LogP contribution in [-0.2, 0) is 4.74 Å². The fourth-order valence-corrected chi connectivity index (χ4v) is 1.67. The molecule has 0 unspecified atom stereocenters. The van der Waals surface area contributed by atoms with Crippen molar-refractivity contribution in [3.8, 4) is 0 Å². The second-order valence-electron chi connectivity index (χ2n) is 3.26. The van der Waals surface area contributed by atoms with E-state index in [2.05, 4.69) is 5.32 Å². The summed E-state index contributed by atoms with van der Waals surface area (Å²) in [5.41, 5.74) is 0.568. The predicted molar refractivity (Wildman–Crippen MR) is 42.6 cm³/mol. The topological polar surface area (TPSA) is 21.3 Å². The smallest absolute Gasteiger partial charge is 0.0546 e. The van der Waals surface area contributed by atoms with Gasteiger partial charge in [0.1, 0.15) is 0 Å². The van der Waals surface area contributed by atoms with Crippen LogP contribution in [0.25, 0.3) is 0 Å². The van der Waals surface area contributed by atoms with Gasteiger partial charge in [0, 0.05) is 25.1 Å². The molecule has 1 spiro atoms. The summed E-state index contributed by atoms with van der Waals surface area (Å²) in [5.74, 6) is 0. The van der Waals surface area contributed by atoms with Gasteiger partial charge in [0.15, 0.2) is 0 Å². The van der Waals surface area contributed by atoms with Gasteiger partial charge in [-0.15, -0.1) is 12.4 Å². The Balaban J connectivity index is 0.000000500. The van der Waals surface area contributed by atoms with Crippen molar-refractivity contribution in [3.05, 3.63) is 0 Å². The molecule has 0 bridgehead atoms. The van der Waals surface area contributed by atoms with Crippen LogP contribution in [0, 0.1) is 5.41 Å². The first-order chi connectivity index (χ1) is 4.41. The first-order valence-electron chi connectivity index (χ1n) is 3.70. The van der Waals surface area contributed by atoms with Crippen LogP contribution in [0.5, 0.6) is 0 Å². The van der Waals surface area contributed by atoms with E-state index in [0.29, 0.717) is 5.41 Å². The molecule has 1 N–H and O–H groups in total. The third kappa shape index (κ3) is 1.29. The molecule has 0 aliphatic carbocycles. The Labute approximate surface area is 67.7 Å². The largest absolute Gasteiger partial charge is 0.381 e. The van der Waals surface area contributed by atoms with Crippen LogP contribution in [-0.4, -0.2) is 26.3 Å². The molecule has 2 rings (SSSR count). The third-order valence-electron chi connectivity index (χ3n) is 2.40. The highest BCUT2D eigenvalue weighted by Crippen LogP contribution is 2.31. The average molecular weight is 164 g/mol. The Morgan fingerprint density at radius 1 is 1.30 bits per heavy atom. The molecule has 0 aromatic heterocycles. The second kappa shape index (κ2) is 3.07. The number of rotatable bonds is 0. The highest BCUT2D eigenvalue weighted by molar-refractivity contribution is 5.85. The number of hydrogen-bond donors (Lipinski definition) is 1. The maximum absolute atomic E-state index is 5.39. The summed E-state index contributed by atoms with van der Waals surface area (Å²) in [6, 6.07) is 0. The third-order valence-corrected chi connectivity index (χ3v) is 2.40. The van der Waals surface area contributed by atoms with Gasteiger partial charge in [-0.25, -0.2) is 0 Å². The summed E-state index contributed by atoms with van der Waals surface area (Å²) in [5, 5.41) is 3.29. The predicted octanol–water partition coefficient (Wildman–Crippen LogP) is 0.808. The quantitative estimate of drug-likeness (QED) is 0.571. The molecule has 2 aliphatic heterocycles. The van der Waals surface area contributed by atoms with Crippen molar-refractivity contribution in [2.24, 2.45) is 5.41 Å². The van der Waals surface area contributed by atoms with Gasteiger partial charge in [0.05, 0.1) is 6.61 Å². The van der Waals surface area contributed by atoms with Crippen molar-refractivity contribution in [2.75, 3.05) is 26.3 Å². The van der Waals surface area contributed by atoms with E-state index < -0.39 is 0 Å². The molecule has 2 fully saturated rings. The Bertz CT molecular complexity index is 106. The van der Waals surface area contributed by atoms with Crippen LogP contribution in [0.3, 0.4) is 0 Å². The molecule has 0 radical (unpaired) electrons. The minimum Gasteiger partial charge on any atom is -0.381 e. The van der Waals surface area contributed by atoms with Crippen molar-refractivity contribution in [1.29, 1.82) is 0 Å². The summed E-state index contributed by atoms with van der Waals surface area (Å²) >= 11 is 0. The lowest BCUT2D eigenvalue weighted by Gasteiger charge is -2.44. The van der Waals surface area contributed by atoms with E-state index in [-0.39, 0.29) is 12.4 Å². The molecule has 0 saturated carbocycles. The SMILES string of the molecule is C1COCC2(C1)CNC2.Cl. The van der Waals surface area contributed by atoms with Crippen LogP contribution in [0.2, 0.25) is 0 Å². The van der Waals surface area contributed by atoms with Crippen molar-refractivity contribution in [3.63, 3.8) is 0 Å². The summed E-state index contributed by atoms with van der Waals surface area (Å²) in [6.07, 6.45) is 2.64. The first kappa shape index (κ1) is 8.31. The van der Waals surface area contributed by atoms with Crippen LogP contribution in [0.15, 0.2) is 0 Å². The van der Waals surface area contributed by atoms with Crippen LogP contribution in [0.1, 0.15) is 12.8 Å². The van der Waals surface area contributed by atoms with Crippen molar-refractivity contribution in [2.45, 2.75) is 12.8 Å². The van der Waals surface area contributed by atoms with Crippen LogP contribution in [0.4, 0.5) is 0 Å². The lowest BCUT2D eigenvalue weighted by molar-refractivity contribution is -0.0366. The van der Waals surface area contributed by atoms with E-state index in [9.17, 15) is 0 Å². The highest BCUT2D eigenvalue weighted by Gasteiger charge is 2.38. The van der Waals surface area contributed by atoms with E-state index in [4.69, 9.17) is 4.74 Å². The van der Waals surface area contributed by atoms with Gasteiger partial charge < -0.3 is 10.1 Å². The monoisotopic (exact) mass is 163 g/mol. The summed E-state index contributed by atoms with van der Waals surface area (Å²) in [4.78, 5) is 0. The Morgan fingerprint density at radius 3 is 2.40 bits per heavy atom. The van der Waals surface area contributed by atoms with Crippen molar-refractivity contribution >= 4 is 12.4 Å². The lowest BCUT2D eigenvalue weighted by atomic mass is 9.77. The summed E-state index contributed by atoms with van der Waals surface area (Å²) < 4.78 is 5.39. The number of nitrogens with one attached hydrogen (secondary N) is 1. The standard InChI is InChI=1S/C7H13NO.ClH/c1-2-7(4-8-5-7)6-9-3-1;/h8H,1-6H2;1H. The van der Waals surface area contributed by atoms with E-state index in [1.165, 1.54) is 25.9 Å². The molecule has 60 valence electrons. The van der Waals surface area contributed by atoms with Gasteiger partial charge in [-0.2, -0.15) is 0 Å². The van der Waals surface area contributed by atoms with Gasteiger partial charge in [-0.3, -0.25) is 0 Å². The number of ether oxygens (including phenoxy) is 1. The molecule has 2 saturated heterocycles. The minimum atomic E-state index is 0. The summed E-state index contributed by atoms with van der Waals surface area (Å²) in [6.45, 7) is 4.36. The molecule has 0 atom stereocenters. The van der Waals surface area contributed by atoms with Gasteiger partial charge in [-0.05, 0) is 12.8 Å². The summed E-state index contributed by atoms with van der Waals surface area (Å²) in [7, 11) is 0. The maximum atomic E-state index is 5.39. The highest BCUT2D eigenvalue weighted by atomic mass is 35.5. The molecule has 0 amide bonds. The molecule has 0 aromatic rings. The molecule has 2 heterocycles. The van der Waals surface area contributed by atoms with Gasteiger partial charge in [0.2, 0.25) is 0 Å². The van der Waals surface area contributed by atoms with Crippen LogP contribution >= 0.6 is 12.4 Å². The molecule has 0 aromatic carbocycles. The van der Waals surface area contributed by atoms with E-state index in [0.717, 1.165) is 13.2 Å². The fraction of sp³-hybridized carbons (Fsp3) is 1.00. The minimum absolute atomic E-state index is 0. The van der Waals surface area contributed by atoms with E-state index in [1.54, 1.807) is 0 Å². The molecule has 2 aliphatic rings. The molecular formula is C7H14ClNO. The average Bonchev–Trinajstić information content (AvgIpc) is 1.87. The van der Waals surface area contributed by atoms with Gasteiger partial charge in [0.25, 0.3) is 0 Å². The van der Waals surface area contributed by atoms with Crippen molar-refractivity contribution in [1.82, 2.24) is 5.32 Å². The molecule has 2 nitrogen and oxygen atoms in total. The molecule has 10 heavy (non-hydrogen) atoms. The van der Waals surface area contributed by atoms with Gasteiger partial charge >= 0.3 is 0 Å². The normalized spacial score (nSPS) is 28.8. The first-order valence-corrected chi connectivity index (χ1v) is 3.70. The number of hydrogen-bond acceptors (Lipinski definition) is 2. The zero-order chi connectivity index (χ0) is 6.16. The number of halogens is 1. The Hall–Kier alpha value is 0.210. The molecular weight excluding hydrogens is 150 g/mol. The lowest BCUT2D eigenvalue weighted by Crippen LogP contribution is -2.57. The van der Waals surface area contributed by atoms with E-state index in [1.807, 2.05) is 0 Å². The Kier molecular flexibility index (Phi) is 2.55. The second-order valence-corrected chi connectivity index (χ2v) is 3.26. The molecule has 3 heteroatoms. The fourth-order valence-electron chi connectivity index (χ4n) is 1.67. The van der Waals surface area contributed by atoms with Crippen molar-refractivity contribution < 1.29 is 4.74 Å².